The summed E-state index contributed by atoms with van der Waals surface area (Å²) in [6.45, 7) is 1.29. The van der Waals surface area contributed by atoms with Crippen LogP contribution in [0.1, 0.15) is 12.0 Å². The third-order valence-corrected chi connectivity index (χ3v) is 2.15. The minimum atomic E-state index is -0.0693. The molecule has 0 N–H and O–H groups in total. The van der Waals surface area contributed by atoms with Crippen molar-refractivity contribution < 1.29 is 9.47 Å². The second kappa shape index (κ2) is 4.94. The molecular formula is C12H14O2. The minimum absolute atomic E-state index is 0.0693. The summed E-state index contributed by atoms with van der Waals surface area (Å²) in [6.07, 6.45) is 4.90. The molecule has 0 radical (unpaired) electrons. The number of benzene rings is 1. The molecule has 1 aliphatic heterocycles. The summed E-state index contributed by atoms with van der Waals surface area (Å²) < 4.78 is 11.0. The fourth-order valence-electron chi connectivity index (χ4n) is 1.39. The van der Waals surface area contributed by atoms with Gasteiger partial charge in [-0.15, -0.1) is 0 Å². The van der Waals surface area contributed by atoms with Gasteiger partial charge in [-0.1, -0.05) is 42.5 Å². The molecule has 0 spiro atoms. The second-order valence-corrected chi connectivity index (χ2v) is 3.27. The molecule has 2 heteroatoms. The van der Waals surface area contributed by atoms with Gasteiger partial charge in [-0.25, -0.2) is 0 Å². The van der Waals surface area contributed by atoms with E-state index in [0.29, 0.717) is 13.2 Å². The van der Waals surface area contributed by atoms with Crippen molar-refractivity contribution in [3.05, 3.63) is 48.0 Å². The van der Waals surface area contributed by atoms with Crippen molar-refractivity contribution in [3.63, 3.8) is 0 Å². The minimum Gasteiger partial charge on any atom is -0.348 e. The molecule has 2 nitrogen and oxygen atoms in total. The lowest BCUT2D eigenvalue weighted by Gasteiger charge is -2.19. The van der Waals surface area contributed by atoms with Gasteiger partial charge < -0.3 is 9.47 Å². The van der Waals surface area contributed by atoms with E-state index >= 15 is 0 Å². The van der Waals surface area contributed by atoms with Crippen LogP contribution >= 0.6 is 0 Å². The van der Waals surface area contributed by atoms with Crippen molar-refractivity contribution in [3.8, 4) is 0 Å². The van der Waals surface area contributed by atoms with Gasteiger partial charge in [-0.2, -0.15) is 0 Å². The molecule has 14 heavy (non-hydrogen) atoms. The first-order valence-corrected chi connectivity index (χ1v) is 4.87. The van der Waals surface area contributed by atoms with Crippen LogP contribution in [0.25, 0.3) is 0 Å². The summed E-state index contributed by atoms with van der Waals surface area (Å²) >= 11 is 0. The molecule has 74 valence electrons. The summed E-state index contributed by atoms with van der Waals surface area (Å²) in [5.41, 5.74) is 1.19. The highest BCUT2D eigenvalue weighted by molar-refractivity contribution is 5.13. The lowest BCUT2D eigenvalue weighted by molar-refractivity contribution is -0.144. The Balaban J connectivity index is 1.80. The van der Waals surface area contributed by atoms with Crippen LogP contribution in [-0.4, -0.2) is 12.9 Å². The van der Waals surface area contributed by atoms with E-state index in [1.807, 2.05) is 24.3 Å². The lowest BCUT2D eigenvalue weighted by atomic mass is 10.2. The van der Waals surface area contributed by atoms with E-state index in [0.717, 1.165) is 6.42 Å². The molecule has 1 aliphatic rings. The summed E-state index contributed by atoms with van der Waals surface area (Å²) in [6, 6.07) is 10.1. The Morgan fingerprint density at radius 1 is 1.21 bits per heavy atom. The first kappa shape index (κ1) is 9.44. The van der Waals surface area contributed by atoms with Crippen molar-refractivity contribution in [1.29, 1.82) is 0 Å². The highest BCUT2D eigenvalue weighted by Crippen LogP contribution is 2.10. The van der Waals surface area contributed by atoms with E-state index in [-0.39, 0.29) is 6.29 Å². The number of ether oxygens (including phenoxy) is 2. The highest BCUT2D eigenvalue weighted by atomic mass is 16.7. The Morgan fingerprint density at radius 2 is 2.07 bits per heavy atom. The van der Waals surface area contributed by atoms with Gasteiger partial charge in [0, 0.05) is 6.42 Å². The van der Waals surface area contributed by atoms with Gasteiger partial charge >= 0.3 is 0 Å². The quantitative estimate of drug-likeness (QED) is 0.682. The number of hydrogen-bond donors (Lipinski definition) is 0. The van der Waals surface area contributed by atoms with Crippen LogP contribution in [0.4, 0.5) is 0 Å². The molecule has 1 atom stereocenters. The molecule has 1 unspecified atom stereocenters. The maximum atomic E-state index is 5.60. The molecule has 0 aliphatic carbocycles. The Hall–Kier alpha value is -1.12. The summed E-state index contributed by atoms with van der Waals surface area (Å²) in [7, 11) is 0. The van der Waals surface area contributed by atoms with E-state index in [2.05, 4.69) is 18.2 Å². The van der Waals surface area contributed by atoms with Crippen molar-refractivity contribution in [2.24, 2.45) is 0 Å². The highest BCUT2D eigenvalue weighted by Gasteiger charge is 2.09. The van der Waals surface area contributed by atoms with Crippen LogP contribution in [0.15, 0.2) is 42.5 Å². The number of hydrogen-bond acceptors (Lipinski definition) is 2. The predicted molar refractivity (Wildman–Crippen MR) is 54.7 cm³/mol. The molecule has 0 amide bonds. The monoisotopic (exact) mass is 190 g/mol. The SMILES string of the molecule is C1=CCC(OCc2ccccc2)OC1. The van der Waals surface area contributed by atoms with Crippen LogP contribution in [0.5, 0.6) is 0 Å². The zero-order valence-corrected chi connectivity index (χ0v) is 8.06. The van der Waals surface area contributed by atoms with Crippen molar-refractivity contribution in [2.45, 2.75) is 19.3 Å². The van der Waals surface area contributed by atoms with Gasteiger partial charge in [0.25, 0.3) is 0 Å². The van der Waals surface area contributed by atoms with E-state index in [9.17, 15) is 0 Å². The van der Waals surface area contributed by atoms with Gasteiger partial charge in [-0.3, -0.25) is 0 Å². The first-order chi connectivity index (χ1) is 6.95. The van der Waals surface area contributed by atoms with Crippen LogP contribution in [0.2, 0.25) is 0 Å². The molecule has 0 saturated carbocycles. The van der Waals surface area contributed by atoms with Crippen molar-refractivity contribution >= 4 is 0 Å². The van der Waals surface area contributed by atoms with Gasteiger partial charge in [0.1, 0.15) is 0 Å². The van der Waals surface area contributed by atoms with E-state index in [4.69, 9.17) is 9.47 Å². The molecule has 1 heterocycles. The van der Waals surface area contributed by atoms with Gasteiger partial charge in [-0.05, 0) is 5.56 Å². The van der Waals surface area contributed by atoms with Crippen LogP contribution in [-0.2, 0) is 16.1 Å². The average Bonchev–Trinajstić information content (AvgIpc) is 2.29. The molecule has 1 aromatic carbocycles. The third kappa shape index (κ3) is 2.69. The standard InChI is InChI=1S/C12H14O2/c1-2-6-11(7-3-1)10-14-12-8-4-5-9-13-12/h1-7,12H,8-10H2. The maximum Gasteiger partial charge on any atom is 0.161 e. The van der Waals surface area contributed by atoms with Gasteiger partial charge in [0.05, 0.1) is 13.2 Å². The van der Waals surface area contributed by atoms with Crippen LogP contribution < -0.4 is 0 Å². The molecule has 0 aromatic heterocycles. The Bertz CT molecular complexity index is 292. The van der Waals surface area contributed by atoms with Gasteiger partial charge in [0.15, 0.2) is 6.29 Å². The normalized spacial score (nSPS) is 21.0. The van der Waals surface area contributed by atoms with Crippen LogP contribution in [0, 0.1) is 0 Å². The topological polar surface area (TPSA) is 18.5 Å². The van der Waals surface area contributed by atoms with Crippen molar-refractivity contribution in [2.75, 3.05) is 6.61 Å². The fourth-order valence-corrected chi connectivity index (χ4v) is 1.39. The smallest absolute Gasteiger partial charge is 0.161 e. The van der Waals surface area contributed by atoms with E-state index < -0.39 is 0 Å². The zero-order chi connectivity index (χ0) is 9.64. The summed E-state index contributed by atoms with van der Waals surface area (Å²) in [5.74, 6) is 0. The van der Waals surface area contributed by atoms with E-state index in [1.54, 1.807) is 0 Å². The number of rotatable bonds is 3. The molecule has 0 saturated heterocycles. The Labute approximate surface area is 84.2 Å². The summed E-state index contributed by atoms with van der Waals surface area (Å²) in [4.78, 5) is 0. The summed E-state index contributed by atoms with van der Waals surface area (Å²) in [5, 5.41) is 0. The maximum absolute atomic E-state index is 5.60. The van der Waals surface area contributed by atoms with Crippen LogP contribution in [0.3, 0.4) is 0 Å². The molecule has 1 aromatic rings. The average molecular weight is 190 g/mol. The largest absolute Gasteiger partial charge is 0.348 e. The Kier molecular flexibility index (Phi) is 3.33. The zero-order valence-electron chi connectivity index (χ0n) is 8.06. The Morgan fingerprint density at radius 3 is 2.79 bits per heavy atom. The van der Waals surface area contributed by atoms with Gasteiger partial charge in [0.2, 0.25) is 0 Å². The molecular weight excluding hydrogens is 176 g/mol. The second-order valence-electron chi connectivity index (χ2n) is 3.27. The lowest BCUT2D eigenvalue weighted by Crippen LogP contribution is -2.19. The van der Waals surface area contributed by atoms with E-state index in [1.165, 1.54) is 5.56 Å². The first-order valence-electron chi connectivity index (χ1n) is 4.87. The predicted octanol–water partition coefficient (Wildman–Crippen LogP) is 2.51. The van der Waals surface area contributed by atoms with Crippen molar-refractivity contribution in [1.82, 2.24) is 0 Å². The molecule has 0 fully saturated rings. The third-order valence-electron chi connectivity index (χ3n) is 2.15. The molecule has 0 bridgehead atoms. The fraction of sp³-hybridized carbons (Fsp3) is 0.333. The molecule has 2 rings (SSSR count).